The highest BCUT2D eigenvalue weighted by Crippen LogP contribution is 2.53. The molecule has 0 heterocycles. The molecule has 0 amide bonds. The Morgan fingerprint density at radius 2 is 1.33 bits per heavy atom. The van der Waals surface area contributed by atoms with Crippen molar-refractivity contribution in [3.05, 3.63) is 59.7 Å². The topological polar surface area (TPSA) is 12.0 Å². The molecule has 1 saturated carbocycles. The minimum Gasteiger partial charge on any atom is -0.293 e. The van der Waals surface area contributed by atoms with Gasteiger partial charge in [0.25, 0.3) is 0 Å². The Bertz CT molecular complexity index is 656. The van der Waals surface area contributed by atoms with E-state index in [0.717, 1.165) is 22.3 Å². The maximum absolute atomic E-state index is 13.2. The summed E-state index contributed by atoms with van der Waals surface area (Å²) < 4.78 is 39.7. The van der Waals surface area contributed by atoms with Crippen molar-refractivity contribution in [2.75, 3.05) is 0 Å². The van der Waals surface area contributed by atoms with Crippen LogP contribution in [-0.2, 0) is 0 Å². The average Bonchev–Trinajstić information content (AvgIpc) is 3.20. The van der Waals surface area contributed by atoms with Crippen molar-refractivity contribution in [1.29, 1.82) is 0 Å². The van der Waals surface area contributed by atoms with Crippen molar-refractivity contribution >= 4 is 0 Å². The summed E-state index contributed by atoms with van der Waals surface area (Å²) in [6.45, 7) is 0. The van der Waals surface area contributed by atoms with Crippen molar-refractivity contribution in [3.8, 4) is 11.1 Å². The van der Waals surface area contributed by atoms with E-state index >= 15 is 0 Å². The van der Waals surface area contributed by atoms with Crippen LogP contribution in [0.2, 0.25) is 0 Å². The Morgan fingerprint density at radius 3 is 1.76 bits per heavy atom. The van der Waals surface area contributed by atoms with E-state index in [2.05, 4.69) is 5.32 Å². The summed E-state index contributed by atoms with van der Waals surface area (Å²) in [7, 11) is 0. The van der Waals surface area contributed by atoms with Gasteiger partial charge in [0.05, 0.1) is 6.04 Å². The number of benzene rings is 2. The molecule has 0 bridgehead atoms. The maximum atomic E-state index is 13.2. The highest BCUT2D eigenvalue weighted by Gasteiger charge is 2.64. The molecule has 4 heteroatoms. The minimum atomic E-state index is -4.19. The summed E-state index contributed by atoms with van der Waals surface area (Å²) in [6, 6.07) is 15.0. The number of fused-ring (bicyclic) bond motifs is 3. The molecule has 0 saturated heterocycles. The van der Waals surface area contributed by atoms with Gasteiger partial charge in [-0.05, 0) is 35.1 Å². The van der Waals surface area contributed by atoms with Crippen LogP contribution in [0.15, 0.2) is 48.5 Å². The van der Waals surface area contributed by atoms with E-state index in [1.807, 2.05) is 48.5 Å². The van der Waals surface area contributed by atoms with Crippen molar-refractivity contribution in [3.63, 3.8) is 0 Å². The van der Waals surface area contributed by atoms with Crippen LogP contribution >= 0.6 is 0 Å². The molecule has 0 radical (unpaired) electrons. The lowest BCUT2D eigenvalue weighted by atomic mass is 10.0. The van der Waals surface area contributed by atoms with Gasteiger partial charge in [0, 0.05) is 0 Å². The summed E-state index contributed by atoms with van der Waals surface area (Å²) in [5.41, 5.74) is 2.23. The molecule has 0 unspecified atom stereocenters. The predicted octanol–water partition coefficient (Wildman–Crippen LogP) is 4.44. The zero-order valence-corrected chi connectivity index (χ0v) is 11.2. The van der Waals surface area contributed by atoms with Gasteiger partial charge in [-0.25, -0.2) is 0 Å². The summed E-state index contributed by atoms with van der Waals surface area (Å²) in [6.07, 6.45) is -3.87. The Balaban J connectivity index is 1.80. The van der Waals surface area contributed by atoms with Crippen LogP contribution < -0.4 is 5.32 Å². The lowest BCUT2D eigenvalue weighted by molar-refractivity contribution is -0.167. The standard InChI is InChI=1S/C17H14F3N/c18-17(19,20)16(9-10-16)21-15-13-7-3-1-5-11(13)12-6-2-4-8-14(12)15/h1-8,15,21H,9-10H2. The third kappa shape index (κ3) is 1.82. The van der Waals surface area contributed by atoms with Crippen molar-refractivity contribution in [2.45, 2.75) is 30.6 Å². The van der Waals surface area contributed by atoms with Gasteiger partial charge in [-0.15, -0.1) is 0 Å². The molecule has 21 heavy (non-hydrogen) atoms. The molecule has 2 aliphatic carbocycles. The summed E-state index contributed by atoms with van der Waals surface area (Å²) >= 11 is 0. The number of rotatable bonds is 2. The molecule has 0 spiro atoms. The lowest BCUT2D eigenvalue weighted by Crippen LogP contribution is -2.46. The minimum absolute atomic E-state index is 0.164. The molecule has 0 aromatic heterocycles. The fourth-order valence-electron chi connectivity index (χ4n) is 3.22. The van der Waals surface area contributed by atoms with Crippen LogP contribution in [0.5, 0.6) is 0 Å². The molecule has 2 aromatic carbocycles. The number of alkyl halides is 3. The second-order valence-corrected chi connectivity index (χ2v) is 5.83. The Morgan fingerprint density at radius 1 is 0.857 bits per heavy atom. The van der Waals surface area contributed by atoms with E-state index in [-0.39, 0.29) is 18.9 Å². The number of halogens is 3. The van der Waals surface area contributed by atoms with Crippen molar-refractivity contribution in [1.82, 2.24) is 5.32 Å². The van der Waals surface area contributed by atoms with Crippen LogP contribution in [0.4, 0.5) is 13.2 Å². The summed E-state index contributed by atoms with van der Waals surface area (Å²) in [5, 5.41) is 2.89. The van der Waals surface area contributed by atoms with Crippen LogP contribution in [0, 0.1) is 0 Å². The summed E-state index contributed by atoms with van der Waals surface area (Å²) in [5.74, 6) is 0. The quantitative estimate of drug-likeness (QED) is 0.861. The fraction of sp³-hybridized carbons (Fsp3) is 0.294. The second kappa shape index (κ2) is 4.10. The largest absolute Gasteiger partial charge is 0.406 e. The molecule has 0 atom stereocenters. The van der Waals surface area contributed by atoms with Gasteiger partial charge in [0.1, 0.15) is 5.54 Å². The Labute approximate surface area is 120 Å². The molecule has 0 aliphatic heterocycles. The number of hydrogen-bond donors (Lipinski definition) is 1. The number of nitrogens with one attached hydrogen (secondary N) is 1. The van der Waals surface area contributed by atoms with Crippen LogP contribution in [0.3, 0.4) is 0 Å². The Kier molecular flexibility index (Phi) is 2.52. The maximum Gasteiger partial charge on any atom is 0.406 e. The van der Waals surface area contributed by atoms with E-state index in [1.54, 1.807) is 0 Å². The van der Waals surface area contributed by atoms with E-state index in [0.29, 0.717) is 0 Å². The van der Waals surface area contributed by atoms with Crippen LogP contribution in [-0.4, -0.2) is 11.7 Å². The zero-order valence-electron chi connectivity index (χ0n) is 11.2. The van der Waals surface area contributed by atoms with E-state index < -0.39 is 11.7 Å². The van der Waals surface area contributed by atoms with Gasteiger partial charge < -0.3 is 0 Å². The first kappa shape index (κ1) is 12.9. The van der Waals surface area contributed by atoms with E-state index in [1.165, 1.54) is 0 Å². The van der Waals surface area contributed by atoms with Crippen molar-refractivity contribution < 1.29 is 13.2 Å². The van der Waals surface area contributed by atoms with Crippen LogP contribution in [0.25, 0.3) is 11.1 Å². The second-order valence-electron chi connectivity index (χ2n) is 5.83. The Hall–Kier alpha value is -1.81. The normalized spacial score (nSPS) is 19.2. The first-order valence-electron chi connectivity index (χ1n) is 7.04. The molecule has 2 aliphatic rings. The summed E-state index contributed by atoms with van der Waals surface area (Å²) in [4.78, 5) is 0. The first-order valence-corrected chi connectivity index (χ1v) is 7.04. The third-order valence-electron chi connectivity index (χ3n) is 4.55. The molecular weight excluding hydrogens is 275 g/mol. The van der Waals surface area contributed by atoms with E-state index in [4.69, 9.17) is 0 Å². The number of hydrogen-bond acceptors (Lipinski definition) is 1. The van der Waals surface area contributed by atoms with Crippen molar-refractivity contribution in [2.24, 2.45) is 0 Å². The first-order chi connectivity index (χ1) is 10.0. The average molecular weight is 289 g/mol. The SMILES string of the molecule is FC(F)(F)C1(NC2c3ccccc3-c3ccccc32)CC1. The fourth-order valence-corrected chi connectivity index (χ4v) is 3.22. The molecule has 4 rings (SSSR count). The molecule has 1 N–H and O–H groups in total. The van der Waals surface area contributed by atoms with Gasteiger partial charge in [-0.2, -0.15) is 13.2 Å². The molecule has 1 nitrogen and oxygen atoms in total. The molecule has 1 fully saturated rings. The van der Waals surface area contributed by atoms with Gasteiger partial charge in [0.15, 0.2) is 0 Å². The van der Waals surface area contributed by atoms with Gasteiger partial charge in [0.2, 0.25) is 0 Å². The van der Waals surface area contributed by atoms with Crippen LogP contribution in [0.1, 0.15) is 30.0 Å². The van der Waals surface area contributed by atoms with E-state index in [9.17, 15) is 13.2 Å². The van der Waals surface area contributed by atoms with Gasteiger partial charge in [-0.3, -0.25) is 5.32 Å². The van der Waals surface area contributed by atoms with Gasteiger partial charge in [-0.1, -0.05) is 48.5 Å². The molecule has 2 aromatic rings. The smallest absolute Gasteiger partial charge is 0.293 e. The third-order valence-corrected chi connectivity index (χ3v) is 4.55. The molecule has 108 valence electrons. The highest BCUT2D eigenvalue weighted by molar-refractivity contribution is 5.78. The highest BCUT2D eigenvalue weighted by atomic mass is 19.4. The predicted molar refractivity (Wildman–Crippen MR) is 74.9 cm³/mol. The zero-order chi connectivity index (χ0) is 14.7. The van der Waals surface area contributed by atoms with Gasteiger partial charge >= 0.3 is 6.18 Å². The molecular formula is C17H14F3N. The lowest BCUT2D eigenvalue weighted by Gasteiger charge is -2.26. The monoisotopic (exact) mass is 289 g/mol.